The molecule has 0 bridgehead atoms. The van der Waals surface area contributed by atoms with Gasteiger partial charge in [-0.3, -0.25) is 4.99 Å². The van der Waals surface area contributed by atoms with Gasteiger partial charge in [0.15, 0.2) is 11.8 Å². The van der Waals surface area contributed by atoms with Crippen LogP contribution in [0.15, 0.2) is 23.2 Å². The van der Waals surface area contributed by atoms with E-state index in [0.29, 0.717) is 23.8 Å². The van der Waals surface area contributed by atoms with E-state index in [2.05, 4.69) is 35.1 Å². The van der Waals surface area contributed by atoms with Gasteiger partial charge in [-0.15, -0.1) is 10.2 Å². The number of benzene rings is 1. The predicted molar refractivity (Wildman–Crippen MR) is 99.6 cm³/mol. The number of guanidine groups is 1. The van der Waals surface area contributed by atoms with Gasteiger partial charge >= 0.3 is 6.61 Å². The minimum Gasteiger partial charge on any atom is -0.497 e. The third-order valence-corrected chi connectivity index (χ3v) is 4.50. The summed E-state index contributed by atoms with van der Waals surface area (Å²) in [6.07, 6.45) is 3.20. The van der Waals surface area contributed by atoms with E-state index < -0.39 is 6.61 Å². The number of alkyl halides is 2. The summed E-state index contributed by atoms with van der Waals surface area (Å²) in [5.41, 5.74) is 0.530. The van der Waals surface area contributed by atoms with Crippen LogP contribution in [0.25, 0.3) is 0 Å². The van der Waals surface area contributed by atoms with Gasteiger partial charge in [-0.25, -0.2) is 0 Å². The van der Waals surface area contributed by atoms with Crippen molar-refractivity contribution >= 4 is 5.96 Å². The molecule has 2 aromatic rings. The molecule has 2 N–H and O–H groups in total. The molecule has 0 spiro atoms. The average Bonchev–Trinajstić information content (AvgIpc) is 3.12. The van der Waals surface area contributed by atoms with Crippen LogP contribution in [0.4, 0.5) is 8.78 Å². The standard InChI is InChI=1S/C18H24F2N6O2/c1-21-18(23-11-16-25-24-15-5-3-4-8-26(15)16)22-10-12-9-13(27-2)6-7-14(12)28-17(19)20/h6-7,9,17H,3-5,8,10-11H2,1-2H3,(H2,21,22,23). The smallest absolute Gasteiger partial charge is 0.387 e. The number of fused-ring (bicyclic) bond motifs is 1. The van der Waals surface area contributed by atoms with E-state index in [4.69, 9.17) is 4.74 Å². The Labute approximate surface area is 162 Å². The van der Waals surface area contributed by atoms with Crippen molar-refractivity contribution in [2.75, 3.05) is 14.2 Å². The van der Waals surface area contributed by atoms with Gasteiger partial charge in [-0.1, -0.05) is 0 Å². The van der Waals surface area contributed by atoms with Gasteiger partial charge in [-0.05, 0) is 31.0 Å². The topological polar surface area (TPSA) is 85.6 Å². The van der Waals surface area contributed by atoms with Crippen molar-refractivity contribution in [1.29, 1.82) is 0 Å². The Morgan fingerprint density at radius 1 is 1.25 bits per heavy atom. The molecule has 1 aromatic carbocycles. The maximum atomic E-state index is 12.6. The normalized spacial score (nSPS) is 14.0. The van der Waals surface area contributed by atoms with Crippen molar-refractivity contribution in [1.82, 2.24) is 25.4 Å². The van der Waals surface area contributed by atoms with Gasteiger partial charge < -0.3 is 24.7 Å². The monoisotopic (exact) mass is 394 g/mol. The van der Waals surface area contributed by atoms with E-state index in [1.165, 1.54) is 13.2 Å². The predicted octanol–water partition coefficient (Wildman–Crippen LogP) is 2.09. The summed E-state index contributed by atoms with van der Waals surface area (Å²) in [6, 6.07) is 4.68. The fraction of sp³-hybridized carbons (Fsp3) is 0.500. The molecular formula is C18H24F2N6O2. The van der Waals surface area contributed by atoms with Crippen LogP contribution in [-0.4, -0.2) is 41.5 Å². The highest BCUT2D eigenvalue weighted by Crippen LogP contribution is 2.25. The second-order valence-electron chi connectivity index (χ2n) is 6.27. The van der Waals surface area contributed by atoms with E-state index in [-0.39, 0.29) is 12.3 Å². The summed E-state index contributed by atoms with van der Waals surface area (Å²) < 4.78 is 37.1. The first-order valence-electron chi connectivity index (χ1n) is 9.08. The Bertz CT molecular complexity index is 824. The summed E-state index contributed by atoms with van der Waals surface area (Å²) >= 11 is 0. The van der Waals surface area contributed by atoms with Crippen LogP contribution >= 0.6 is 0 Å². The van der Waals surface area contributed by atoms with Crippen LogP contribution in [0.2, 0.25) is 0 Å². The highest BCUT2D eigenvalue weighted by molar-refractivity contribution is 5.79. The zero-order valence-electron chi connectivity index (χ0n) is 15.9. The third kappa shape index (κ3) is 4.87. The van der Waals surface area contributed by atoms with Crippen LogP contribution in [-0.2, 0) is 26.1 Å². The van der Waals surface area contributed by atoms with Gasteiger partial charge in [0.05, 0.1) is 13.7 Å². The lowest BCUT2D eigenvalue weighted by atomic mass is 10.2. The molecule has 0 saturated heterocycles. The first-order chi connectivity index (χ1) is 13.6. The second kappa shape index (κ2) is 9.34. The molecule has 0 fully saturated rings. The first kappa shape index (κ1) is 19.8. The Hall–Kier alpha value is -2.91. The molecule has 10 heteroatoms. The van der Waals surface area contributed by atoms with Crippen molar-refractivity contribution in [2.45, 2.75) is 45.5 Å². The van der Waals surface area contributed by atoms with Gasteiger partial charge in [0.25, 0.3) is 0 Å². The Kier molecular flexibility index (Phi) is 6.62. The number of rotatable bonds is 7. The number of hydrogen-bond donors (Lipinski definition) is 2. The molecule has 0 saturated carbocycles. The minimum absolute atomic E-state index is 0.0882. The van der Waals surface area contributed by atoms with Gasteiger partial charge in [0.1, 0.15) is 17.3 Å². The van der Waals surface area contributed by atoms with E-state index >= 15 is 0 Å². The number of ether oxygens (including phenoxy) is 2. The number of methoxy groups -OCH3 is 1. The van der Waals surface area contributed by atoms with E-state index in [1.54, 1.807) is 19.2 Å². The SMILES string of the molecule is CN=C(NCc1cc(OC)ccc1OC(F)F)NCc1nnc2n1CCCC2. The lowest BCUT2D eigenvalue weighted by Crippen LogP contribution is -2.37. The highest BCUT2D eigenvalue weighted by Gasteiger charge is 2.16. The summed E-state index contributed by atoms with van der Waals surface area (Å²) in [7, 11) is 3.15. The molecule has 1 aromatic heterocycles. The van der Waals surface area contributed by atoms with Gasteiger partial charge in [0, 0.05) is 32.1 Å². The number of halogens is 2. The van der Waals surface area contributed by atoms with Crippen LogP contribution in [0.3, 0.4) is 0 Å². The lowest BCUT2D eigenvalue weighted by molar-refractivity contribution is -0.0504. The van der Waals surface area contributed by atoms with Crippen LogP contribution in [0.1, 0.15) is 30.1 Å². The van der Waals surface area contributed by atoms with Crippen LogP contribution < -0.4 is 20.1 Å². The quantitative estimate of drug-likeness (QED) is 0.553. The molecule has 0 atom stereocenters. The number of hydrogen-bond acceptors (Lipinski definition) is 5. The van der Waals surface area contributed by atoms with E-state index in [1.807, 2.05) is 0 Å². The zero-order valence-corrected chi connectivity index (χ0v) is 15.9. The maximum Gasteiger partial charge on any atom is 0.387 e. The lowest BCUT2D eigenvalue weighted by Gasteiger charge is -2.17. The molecule has 1 aliphatic rings. The van der Waals surface area contributed by atoms with Crippen molar-refractivity contribution < 1.29 is 18.3 Å². The Morgan fingerprint density at radius 2 is 2.07 bits per heavy atom. The Balaban J connectivity index is 1.62. The fourth-order valence-electron chi connectivity index (χ4n) is 3.09. The number of aromatic nitrogens is 3. The molecule has 0 radical (unpaired) electrons. The van der Waals surface area contributed by atoms with E-state index in [9.17, 15) is 8.78 Å². The number of nitrogens with zero attached hydrogens (tertiary/aromatic N) is 4. The van der Waals surface area contributed by atoms with Crippen molar-refractivity contribution in [3.8, 4) is 11.5 Å². The van der Waals surface area contributed by atoms with E-state index in [0.717, 1.165) is 37.5 Å². The molecule has 1 aliphatic heterocycles. The molecule has 2 heterocycles. The summed E-state index contributed by atoms with van der Waals surface area (Å²) in [5.74, 6) is 3.01. The number of nitrogens with one attached hydrogen (secondary N) is 2. The largest absolute Gasteiger partial charge is 0.497 e. The van der Waals surface area contributed by atoms with Crippen LogP contribution in [0.5, 0.6) is 11.5 Å². The minimum atomic E-state index is -2.90. The Morgan fingerprint density at radius 3 is 2.82 bits per heavy atom. The molecule has 3 rings (SSSR count). The molecule has 0 aliphatic carbocycles. The summed E-state index contributed by atoms with van der Waals surface area (Å²) in [5, 5.41) is 14.7. The maximum absolute atomic E-state index is 12.6. The highest BCUT2D eigenvalue weighted by atomic mass is 19.3. The molecule has 28 heavy (non-hydrogen) atoms. The van der Waals surface area contributed by atoms with Gasteiger partial charge in [0.2, 0.25) is 0 Å². The average molecular weight is 394 g/mol. The zero-order chi connectivity index (χ0) is 19.9. The molecular weight excluding hydrogens is 370 g/mol. The summed E-state index contributed by atoms with van der Waals surface area (Å²) in [6.45, 7) is -1.28. The van der Waals surface area contributed by atoms with Gasteiger partial charge in [-0.2, -0.15) is 8.78 Å². The number of aryl methyl sites for hydroxylation is 1. The number of aliphatic imine (C=N–C) groups is 1. The van der Waals surface area contributed by atoms with Crippen molar-refractivity contribution in [3.05, 3.63) is 35.4 Å². The van der Waals surface area contributed by atoms with Crippen molar-refractivity contribution in [3.63, 3.8) is 0 Å². The summed E-state index contributed by atoms with van der Waals surface area (Å²) in [4.78, 5) is 4.16. The molecule has 0 unspecified atom stereocenters. The molecule has 152 valence electrons. The molecule has 8 nitrogen and oxygen atoms in total. The second-order valence-corrected chi connectivity index (χ2v) is 6.27. The van der Waals surface area contributed by atoms with Crippen molar-refractivity contribution in [2.24, 2.45) is 4.99 Å². The van der Waals surface area contributed by atoms with Crippen LogP contribution in [0, 0.1) is 0 Å². The molecule has 0 amide bonds. The fourth-order valence-corrected chi connectivity index (χ4v) is 3.09. The third-order valence-electron chi connectivity index (χ3n) is 4.50. The first-order valence-corrected chi connectivity index (χ1v) is 9.08.